The standard InChI is InChI=1S/C20H19ClN4O5/c1-3-13-15(17(27)18(22)28)16-19(23-10-24-20(16)30-9-14(26)29-2)25(13)8-11-5-4-6-12(21)7-11/h4-7,10H,3,8-9H2,1-2H3,(H2,22,28). The number of fused-ring (bicyclic) bond motifs is 1. The van der Waals surface area contributed by atoms with E-state index in [-0.39, 0.29) is 16.8 Å². The van der Waals surface area contributed by atoms with E-state index in [0.29, 0.717) is 29.3 Å². The van der Waals surface area contributed by atoms with Crippen molar-refractivity contribution in [2.75, 3.05) is 13.7 Å². The molecule has 10 heteroatoms. The van der Waals surface area contributed by atoms with E-state index < -0.39 is 24.3 Å². The number of Topliss-reactive ketones (excluding diaryl/α,β-unsaturated/α-hetero) is 1. The summed E-state index contributed by atoms with van der Waals surface area (Å²) in [6.45, 7) is 1.75. The lowest BCUT2D eigenvalue weighted by atomic mass is 10.1. The molecule has 0 fully saturated rings. The van der Waals surface area contributed by atoms with Crippen LogP contribution in [0.2, 0.25) is 5.02 Å². The molecule has 30 heavy (non-hydrogen) atoms. The van der Waals surface area contributed by atoms with Crippen LogP contribution in [0.5, 0.6) is 5.88 Å². The summed E-state index contributed by atoms with van der Waals surface area (Å²) in [5.41, 5.74) is 7.11. The monoisotopic (exact) mass is 430 g/mol. The number of aromatic nitrogens is 3. The summed E-state index contributed by atoms with van der Waals surface area (Å²) in [5.74, 6) is -2.65. The number of esters is 1. The first-order valence-electron chi connectivity index (χ1n) is 9.01. The lowest BCUT2D eigenvalue weighted by molar-refractivity contribution is -0.143. The van der Waals surface area contributed by atoms with Crippen LogP contribution in [0.1, 0.15) is 28.5 Å². The Morgan fingerprint density at radius 3 is 2.63 bits per heavy atom. The van der Waals surface area contributed by atoms with E-state index in [1.165, 1.54) is 13.4 Å². The third-order valence-electron chi connectivity index (χ3n) is 4.48. The maximum absolute atomic E-state index is 12.7. The van der Waals surface area contributed by atoms with Gasteiger partial charge >= 0.3 is 5.97 Å². The molecule has 2 heterocycles. The van der Waals surface area contributed by atoms with E-state index in [1.54, 1.807) is 16.7 Å². The molecule has 0 aliphatic carbocycles. The summed E-state index contributed by atoms with van der Waals surface area (Å²) >= 11 is 6.10. The number of primary amides is 1. The van der Waals surface area contributed by atoms with Gasteiger partial charge in [-0.1, -0.05) is 30.7 Å². The molecule has 156 valence electrons. The van der Waals surface area contributed by atoms with E-state index in [2.05, 4.69) is 14.7 Å². The normalized spacial score (nSPS) is 10.8. The number of ether oxygens (including phenoxy) is 2. The fourth-order valence-electron chi connectivity index (χ4n) is 3.21. The van der Waals surface area contributed by atoms with Crippen LogP contribution in [0.25, 0.3) is 11.0 Å². The molecule has 2 N–H and O–H groups in total. The highest BCUT2D eigenvalue weighted by Crippen LogP contribution is 2.32. The highest BCUT2D eigenvalue weighted by Gasteiger charge is 2.29. The lowest BCUT2D eigenvalue weighted by Crippen LogP contribution is -2.24. The number of methoxy groups -OCH3 is 1. The third kappa shape index (κ3) is 4.11. The van der Waals surface area contributed by atoms with Crippen LogP contribution in [0.3, 0.4) is 0 Å². The van der Waals surface area contributed by atoms with Gasteiger partial charge in [0.05, 0.1) is 18.1 Å². The van der Waals surface area contributed by atoms with E-state index in [9.17, 15) is 14.4 Å². The van der Waals surface area contributed by atoms with Crippen molar-refractivity contribution in [3.05, 3.63) is 52.4 Å². The van der Waals surface area contributed by atoms with Gasteiger partial charge in [-0.2, -0.15) is 0 Å². The summed E-state index contributed by atoms with van der Waals surface area (Å²) < 4.78 is 11.8. The molecule has 1 aromatic carbocycles. The average Bonchev–Trinajstić information content (AvgIpc) is 3.05. The van der Waals surface area contributed by atoms with Crippen molar-refractivity contribution >= 4 is 40.3 Å². The number of amides is 1. The minimum Gasteiger partial charge on any atom is -0.466 e. The van der Waals surface area contributed by atoms with Crippen LogP contribution in [0.15, 0.2) is 30.6 Å². The minimum atomic E-state index is -1.12. The van der Waals surface area contributed by atoms with E-state index in [1.807, 2.05) is 19.1 Å². The van der Waals surface area contributed by atoms with E-state index in [0.717, 1.165) is 5.56 Å². The Morgan fingerprint density at radius 1 is 1.23 bits per heavy atom. The van der Waals surface area contributed by atoms with Crippen LogP contribution in [0, 0.1) is 0 Å². The van der Waals surface area contributed by atoms with Crippen molar-refractivity contribution in [3.8, 4) is 5.88 Å². The SMILES string of the molecule is CCc1c(C(=O)C(N)=O)c2c(OCC(=O)OC)ncnc2n1Cc1cccc(Cl)c1. The molecule has 2 aromatic heterocycles. The molecule has 0 aliphatic rings. The maximum Gasteiger partial charge on any atom is 0.343 e. The number of benzene rings is 1. The summed E-state index contributed by atoms with van der Waals surface area (Å²) in [5, 5.41) is 0.774. The molecule has 0 atom stereocenters. The molecular formula is C20H19ClN4O5. The van der Waals surface area contributed by atoms with Crippen LogP contribution in [-0.2, 0) is 27.3 Å². The zero-order valence-corrected chi connectivity index (χ0v) is 17.1. The van der Waals surface area contributed by atoms with Gasteiger partial charge in [-0.3, -0.25) is 9.59 Å². The Morgan fingerprint density at radius 2 is 2.00 bits per heavy atom. The van der Waals surface area contributed by atoms with Crippen molar-refractivity contribution in [2.24, 2.45) is 5.73 Å². The molecular weight excluding hydrogens is 412 g/mol. The van der Waals surface area contributed by atoms with Crippen molar-refractivity contribution in [2.45, 2.75) is 19.9 Å². The Labute approximate surface area is 176 Å². The molecule has 3 aromatic rings. The number of rotatable bonds is 8. The van der Waals surface area contributed by atoms with Crippen LogP contribution in [-0.4, -0.2) is 45.9 Å². The van der Waals surface area contributed by atoms with Gasteiger partial charge in [-0.25, -0.2) is 14.8 Å². The van der Waals surface area contributed by atoms with Gasteiger partial charge in [0.1, 0.15) is 12.0 Å². The molecule has 9 nitrogen and oxygen atoms in total. The van der Waals surface area contributed by atoms with Crippen molar-refractivity contribution in [1.82, 2.24) is 14.5 Å². The second kappa shape index (κ2) is 8.91. The van der Waals surface area contributed by atoms with Crippen LogP contribution in [0.4, 0.5) is 0 Å². The van der Waals surface area contributed by atoms with Crippen molar-refractivity contribution in [1.29, 1.82) is 0 Å². The van der Waals surface area contributed by atoms with E-state index >= 15 is 0 Å². The summed E-state index contributed by atoms with van der Waals surface area (Å²) in [7, 11) is 1.22. The number of nitrogens with two attached hydrogens (primary N) is 1. The topological polar surface area (TPSA) is 126 Å². The molecule has 0 saturated heterocycles. The first kappa shape index (κ1) is 21.3. The second-order valence-electron chi connectivity index (χ2n) is 6.33. The van der Waals surface area contributed by atoms with Gasteiger partial charge in [0, 0.05) is 17.3 Å². The fraction of sp³-hybridized carbons (Fsp3) is 0.250. The summed E-state index contributed by atoms with van der Waals surface area (Å²) in [6, 6.07) is 7.23. The Kier molecular flexibility index (Phi) is 6.31. The lowest BCUT2D eigenvalue weighted by Gasteiger charge is -2.10. The highest BCUT2D eigenvalue weighted by atomic mass is 35.5. The first-order valence-corrected chi connectivity index (χ1v) is 9.39. The average molecular weight is 431 g/mol. The smallest absolute Gasteiger partial charge is 0.343 e. The van der Waals surface area contributed by atoms with Crippen molar-refractivity contribution in [3.63, 3.8) is 0 Å². The largest absolute Gasteiger partial charge is 0.466 e. The van der Waals surface area contributed by atoms with Crippen LogP contribution < -0.4 is 10.5 Å². The number of nitrogens with zero attached hydrogens (tertiary/aromatic N) is 3. The predicted octanol–water partition coefficient (Wildman–Crippen LogP) is 1.92. The summed E-state index contributed by atoms with van der Waals surface area (Å²) in [4.78, 5) is 44.3. The third-order valence-corrected chi connectivity index (χ3v) is 4.72. The van der Waals surface area contributed by atoms with Gasteiger partial charge in [0.2, 0.25) is 5.88 Å². The van der Waals surface area contributed by atoms with Crippen LogP contribution >= 0.6 is 11.6 Å². The van der Waals surface area contributed by atoms with Gasteiger partial charge in [-0.15, -0.1) is 0 Å². The fourth-order valence-corrected chi connectivity index (χ4v) is 3.42. The molecule has 0 aliphatic heterocycles. The zero-order chi connectivity index (χ0) is 21.8. The Balaban J connectivity index is 2.24. The Bertz CT molecular complexity index is 1140. The molecule has 1 amide bonds. The molecule has 3 rings (SSSR count). The van der Waals surface area contributed by atoms with Crippen molar-refractivity contribution < 1.29 is 23.9 Å². The van der Waals surface area contributed by atoms with Gasteiger partial charge in [0.15, 0.2) is 6.61 Å². The second-order valence-corrected chi connectivity index (χ2v) is 6.76. The van der Waals surface area contributed by atoms with Gasteiger partial charge in [-0.05, 0) is 24.1 Å². The number of hydrogen-bond acceptors (Lipinski definition) is 7. The number of carbonyl (C=O) groups excluding carboxylic acids is 3. The van der Waals surface area contributed by atoms with Gasteiger partial charge < -0.3 is 19.8 Å². The highest BCUT2D eigenvalue weighted by molar-refractivity contribution is 6.45. The number of halogens is 1. The number of carbonyl (C=O) groups is 3. The summed E-state index contributed by atoms with van der Waals surface area (Å²) in [6.07, 6.45) is 1.66. The molecule has 0 bridgehead atoms. The quantitative estimate of drug-likeness (QED) is 0.328. The number of ketones is 1. The number of hydrogen-bond donors (Lipinski definition) is 1. The first-order chi connectivity index (χ1) is 14.4. The maximum atomic E-state index is 12.7. The minimum absolute atomic E-state index is 0.0189. The Hall–Kier alpha value is -3.46. The zero-order valence-electron chi connectivity index (χ0n) is 16.3. The van der Waals surface area contributed by atoms with Gasteiger partial charge in [0.25, 0.3) is 11.7 Å². The van der Waals surface area contributed by atoms with E-state index in [4.69, 9.17) is 22.1 Å². The molecule has 0 spiro atoms. The predicted molar refractivity (Wildman–Crippen MR) is 108 cm³/mol. The molecule has 0 saturated carbocycles. The molecule has 0 unspecified atom stereocenters. The molecule has 0 radical (unpaired) electrons.